The molecule has 2 aromatic rings. The molecule has 0 saturated heterocycles. The number of rotatable bonds is 4. The summed E-state index contributed by atoms with van der Waals surface area (Å²) in [5.74, 6) is 0. The number of hydrogen-bond acceptors (Lipinski definition) is 1. The van der Waals surface area contributed by atoms with Gasteiger partial charge in [0.25, 0.3) is 0 Å². The highest BCUT2D eigenvalue weighted by Crippen LogP contribution is 2.24. The van der Waals surface area contributed by atoms with Crippen molar-refractivity contribution in [3.63, 3.8) is 0 Å². The molecule has 0 aromatic heterocycles. The second kappa shape index (κ2) is 6.67. The SMILES string of the molecule is Cc1ccc(C(=C/C=C/C=O)c2ccc(C)cc2)cc1. The number of benzene rings is 2. The molecule has 1 heteroatoms. The summed E-state index contributed by atoms with van der Waals surface area (Å²) in [5, 5.41) is 0. The van der Waals surface area contributed by atoms with Crippen LogP contribution in [0.5, 0.6) is 0 Å². The van der Waals surface area contributed by atoms with Crippen molar-refractivity contribution in [2.75, 3.05) is 0 Å². The van der Waals surface area contributed by atoms with E-state index < -0.39 is 0 Å². The van der Waals surface area contributed by atoms with Crippen LogP contribution in [0.25, 0.3) is 5.57 Å². The van der Waals surface area contributed by atoms with Crippen molar-refractivity contribution < 1.29 is 4.79 Å². The normalized spacial score (nSPS) is 10.5. The van der Waals surface area contributed by atoms with Crippen LogP contribution < -0.4 is 0 Å². The van der Waals surface area contributed by atoms with Gasteiger partial charge in [-0.3, -0.25) is 4.79 Å². The van der Waals surface area contributed by atoms with Crippen molar-refractivity contribution in [3.8, 4) is 0 Å². The molecule has 0 N–H and O–H groups in total. The lowest BCUT2D eigenvalue weighted by Crippen LogP contribution is -1.88. The van der Waals surface area contributed by atoms with E-state index in [1.807, 2.05) is 6.08 Å². The van der Waals surface area contributed by atoms with Gasteiger partial charge in [-0.2, -0.15) is 0 Å². The zero-order chi connectivity index (χ0) is 14.4. The van der Waals surface area contributed by atoms with Gasteiger partial charge < -0.3 is 0 Å². The molecule has 0 atom stereocenters. The molecular formula is C19H18O. The van der Waals surface area contributed by atoms with E-state index in [2.05, 4.69) is 62.4 Å². The molecule has 0 bridgehead atoms. The number of carbonyl (C=O) groups excluding carboxylic acids is 1. The molecule has 0 amide bonds. The lowest BCUT2D eigenvalue weighted by Gasteiger charge is -2.09. The van der Waals surface area contributed by atoms with Gasteiger partial charge in [-0.1, -0.05) is 71.8 Å². The average molecular weight is 262 g/mol. The molecule has 0 aliphatic rings. The third-order valence-electron chi connectivity index (χ3n) is 3.18. The Morgan fingerprint density at radius 3 is 1.60 bits per heavy atom. The van der Waals surface area contributed by atoms with Gasteiger partial charge >= 0.3 is 0 Å². The third kappa shape index (κ3) is 3.55. The molecule has 0 aliphatic carbocycles. The number of aldehydes is 1. The zero-order valence-electron chi connectivity index (χ0n) is 11.8. The fourth-order valence-electron chi connectivity index (χ4n) is 2.02. The molecule has 0 aliphatic heterocycles. The lowest BCUT2D eigenvalue weighted by molar-refractivity contribution is -0.104. The van der Waals surface area contributed by atoms with Crippen LogP contribution in [0.4, 0.5) is 0 Å². The van der Waals surface area contributed by atoms with E-state index in [1.165, 1.54) is 17.2 Å². The van der Waals surface area contributed by atoms with Crippen molar-refractivity contribution in [1.29, 1.82) is 0 Å². The van der Waals surface area contributed by atoms with Crippen LogP contribution in [0.1, 0.15) is 22.3 Å². The van der Waals surface area contributed by atoms with Gasteiger partial charge in [0.05, 0.1) is 0 Å². The predicted octanol–water partition coefficient (Wildman–Crippen LogP) is 4.49. The van der Waals surface area contributed by atoms with E-state index in [0.717, 1.165) is 23.0 Å². The second-order valence-corrected chi connectivity index (χ2v) is 4.83. The van der Waals surface area contributed by atoms with Gasteiger partial charge in [0.2, 0.25) is 0 Å². The highest BCUT2D eigenvalue weighted by atomic mass is 16.1. The van der Waals surface area contributed by atoms with Crippen LogP contribution in [-0.4, -0.2) is 6.29 Å². The van der Waals surface area contributed by atoms with Crippen LogP contribution in [0.15, 0.2) is 66.8 Å². The zero-order valence-corrected chi connectivity index (χ0v) is 11.8. The van der Waals surface area contributed by atoms with E-state index in [1.54, 1.807) is 6.08 Å². The Labute approximate surface area is 120 Å². The summed E-state index contributed by atoms with van der Waals surface area (Å²) in [4.78, 5) is 10.4. The summed E-state index contributed by atoms with van der Waals surface area (Å²) in [5.41, 5.74) is 5.88. The summed E-state index contributed by atoms with van der Waals surface area (Å²) in [7, 11) is 0. The minimum atomic E-state index is 0.790. The fourth-order valence-corrected chi connectivity index (χ4v) is 2.02. The maximum absolute atomic E-state index is 10.4. The van der Waals surface area contributed by atoms with Gasteiger partial charge in [0.1, 0.15) is 6.29 Å². The van der Waals surface area contributed by atoms with E-state index in [0.29, 0.717) is 0 Å². The molecule has 1 nitrogen and oxygen atoms in total. The highest BCUT2D eigenvalue weighted by Gasteiger charge is 2.03. The minimum Gasteiger partial charge on any atom is -0.299 e. The van der Waals surface area contributed by atoms with Crippen molar-refractivity contribution in [1.82, 2.24) is 0 Å². The van der Waals surface area contributed by atoms with Gasteiger partial charge in [0.15, 0.2) is 0 Å². The molecular weight excluding hydrogens is 244 g/mol. The quantitative estimate of drug-likeness (QED) is 0.451. The highest BCUT2D eigenvalue weighted by molar-refractivity contribution is 5.81. The Balaban J connectivity index is 2.46. The first-order chi connectivity index (χ1) is 9.70. The van der Waals surface area contributed by atoms with E-state index in [9.17, 15) is 4.79 Å². The smallest absolute Gasteiger partial charge is 0.142 e. The Hall–Kier alpha value is -2.41. The van der Waals surface area contributed by atoms with Crippen molar-refractivity contribution in [2.24, 2.45) is 0 Å². The molecule has 0 unspecified atom stereocenters. The predicted molar refractivity (Wildman–Crippen MR) is 84.6 cm³/mol. The molecule has 0 fully saturated rings. The largest absolute Gasteiger partial charge is 0.299 e. The number of allylic oxidation sites excluding steroid dienone is 3. The molecule has 0 heterocycles. The first-order valence-corrected chi connectivity index (χ1v) is 6.67. The van der Waals surface area contributed by atoms with Crippen LogP contribution in [0, 0.1) is 13.8 Å². The summed E-state index contributed by atoms with van der Waals surface area (Å²) >= 11 is 0. The fraction of sp³-hybridized carbons (Fsp3) is 0.105. The van der Waals surface area contributed by atoms with E-state index in [4.69, 9.17) is 0 Å². The van der Waals surface area contributed by atoms with Crippen LogP contribution in [0.2, 0.25) is 0 Å². The molecule has 0 saturated carbocycles. The van der Waals surface area contributed by atoms with Gasteiger partial charge in [-0.05, 0) is 36.6 Å². The van der Waals surface area contributed by atoms with Crippen molar-refractivity contribution in [3.05, 3.63) is 89.0 Å². The molecule has 2 rings (SSSR count). The number of aryl methyl sites for hydroxylation is 2. The molecule has 20 heavy (non-hydrogen) atoms. The number of carbonyl (C=O) groups is 1. The standard InChI is InChI=1S/C19H18O/c1-15-6-10-17(11-7-15)19(5-3-4-14-20)18-12-8-16(2)9-13-18/h3-14H,1-2H3/b4-3+. The molecule has 100 valence electrons. The summed E-state index contributed by atoms with van der Waals surface area (Å²) in [6.45, 7) is 4.15. The maximum atomic E-state index is 10.4. The van der Waals surface area contributed by atoms with Gasteiger partial charge in [-0.25, -0.2) is 0 Å². The van der Waals surface area contributed by atoms with Crippen LogP contribution >= 0.6 is 0 Å². The summed E-state index contributed by atoms with van der Waals surface area (Å²) in [6, 6.07) is 16.8. The van der Waals surface area contributed by atoms with Crippen LogP contribution in [-0.2, 0) is 4.79 Å². The maximum Gasteiger partial charge on any atom is 0.142 e. The number of hydrogen-bond donors (Lipinski definition) is 0. The van der Waals surface area contributed by atoms with Gasteiger partial charge in [-0.15, -0.1) is 0 Å². The second-order valence-electron chi connectivity index (χ2n) is 4.83. The molecule has 0 spiro atoms. The van der Waals surface area contributed by atoms with Crippen molar-refractivity contribution >= 4 is 11.9 Å². The van der Waals surface area contributed by atoms with E-state index >= 15 is 0 Å². The molecule has 0 radical (unpaired) electrons. The topological polar surface area (TPSA) is 17.1 Å². The first kappa shape index (κ1) is 14.0. The first-order valence-electron chi connectivity index (χ1n) is 6.67. The Bertz CT molecular complexity index is 581. The van der Waals surface area contributed by atoms with Crippen LogP contribution in [0.3, 0.4) is 0 Å². The third-order valence-corrected chi connectivity index (χ3v) is 3.18. The summed E-state index contributed by atoms with van der Waals surface area (Å²) in [6.07, 6.45) is 6.05. The Kier molecular flexibility index (Phi) is 4.67. The monoisotopic (exact) mass is 262 g/mol. The van der Waals surface area contributed by atoms with Crippen molar-refractivity contribution in [2.45, 2.75) is 13.8 Å². The minimum absolute atomic E-state index is 0.790. The summed E-state index contributed by atoms with van der Waals surface area (Å²) < 4.78 is 0. The molecule has 2 aromatic carbocycles. The Morgan fingerprint density at radius 2 is 1.20 bits per heavy atom. The Morgan fingerprint density at radius 1 is 0.750 bits per heavy atom. The lowest BCUT2D eigenvalue weighted by atomic mass is 9.96. The van der Waals surface area contributed by atoms with E-state index in [-0.39, 0.29) is 0 Å². The van der Waals surface area contributed by atoms with Gasteiger partial charge in [0, 0.05) is 0 Å². The average Bonchev–Trinajstić information content (AvgIpc) is 2.46.